The van der Waals surface area contributed by atoms with Gasteiger partial charge in [-0.2, -0.15) is 0 Å². The Bertz CT molecular complexity index is 707. The van der Waals surface area contributed by atoms with Crippen LogP contribution in [0.25, 0.3) is 0 Å². The van der Waals surface area contributed by atoms with Gasteiger partial charge in [0.2, 0.25) is 5.91 Å². The first-order valence-corrected chi connectivity index (χ1v) is 10.5. The number of carbonyl (C=O) groups is 1. The number of aryl methyl sites for hydroxylation is 1. The van der Waals surface area contributed by atoms with Crippen LogP contribution < -0.4 is 0 Å². The first-order valence-electron chi connectivity index (χ1n) is 7.73. The second-order valence-electron chi connectivity index (χ2n) is 6.07. The van der Waals surface area contributed by atoms with E-state index in [1.165, 1.54) is 11.8 Å². The van der Waals surface area contributed by atoms with Crippen LogP contribution in [0, 0.1) is 0 Å². The SMILES string of the molecule is Cn1cnnc1SCC(=O)N1CCN(CCO)[C@@H]2CS(=O)(=O)C[C@@H]21. The molecule has 1 aromatic rings. The molecule has 0 radical (unpaired) electrons. The van der Waals surface area contributed by atoms with Crippen LogP contribution in [0.15, 0.2) is 11.5 Å². The summed E-state index contributed by atoms with van der Waals surface area (Å²) < 4.78 is 25.8. The summed E-state index contributed by atoms with van der Waals surface area (Å²) in [6.45, 7) is 1.48. The monoisotopic (exact) mass is 375 g/mol. The Morgan fingerprint density at radius 3 is 2.79 bits per heavy atom. The van der Waals surface area contributed by atoms with Gasteiger partial charge in [0, 0.05) is 32.7 Å². The van der Waals surface area contributed by atoms with Crippen LogP contribution in [0.5, 0.6) is 0 Å². The Morgan fingerprint density at radius 1 is 1.38 bits per heavy atom. The molecule has 134 valence electrons. The summed E-state index contributed by atoms with van der Waals surface area (Å²) in [5.41, 5.74) is 0. The number of aliphatic hydroxyl groups is 1. The highest BCUT2D eigenvalue weighted by Crippen LogP contribution is 2.27. The van der Waals surface area contributed by atoms with Crippen molar-refractivity contribution in [3.8, 4) is 0 Å². The number of thioether (sulfide) groups is 1. The van der Waals surface area contributed by atoms with Crippen LogP contribution in [0.1, 0.15) is 0 Å². The summed E-state index contributed by atoms with van der Waals surface area (Å²) in [7, 11) is -1.36. The standard InChI is InChI=1S/C13H21N5O4S2/c1-16-9-14-15-13(16)23-6-12(20)18-3-2-17(4-5-19)10-7-24(21,22)8-11(10)18/h9-11,19H,2-8H2,1H3/t10-,11+/m1/s1. The second kappa shape index (κ2) is 6.98. The molecule has 0 unspecified atom stereocenters. The van der Waals surface area contributed by atoms with Crippen molar-refractivity contribution >= 4 is 27.5 Å². The molecule has 24 heavy (non-hydrogen) atoms. The smallest absolute Gasteiger partial charge is 0.233 e. The molecule has 1 N–H and O–H groups in total. The van der Waals surface area contributed by atoms with Gasteiger partial charge in [-0.3, -0.25) is 9.69 Å². The predicted octanol–water partition coefficient (Wildman–Crippen LogP) is -1.79. The van der Waals surface area contributed by atoms with Crippen molar-refractivity contribution in [3.63, 3.8) is 0 Å². The molecule has 0 aliphatic carbocycles. The Labute approximate surface area is 144 Å². The van der Waals surface area contributed by atoms with Crippen LogP contribution in [0.2, 0.25) is 0 Å². The lowest BCUT2D eigenvalue weighted by molar-refractivity contribution is -0.134. The number of aromatic nitrogens is 3. The molecule has 3 rings (SSSR count). The number of hydrogen-bond donors (Lipinski definition) is 1. The quantitative estimate of drug-likeness (QED) is 0.601. The molecule has 9 nitrogen and oxygen atoms in total. The van der Waals surface area contributed by atoms with Gasteiger partial charge in [0.15, 0.2) is 15.0 Å². The van der Waals surface area contributed by atoms with Crippen molar-refractivity contribution in [1.82, 2.24) is 24.6 Å². The second-order valence-corrected chi connectivity index (χ2v) is 9.17. The lowest BCUT2D eigenvalue weighted by Crippen LogP contribution is -2.61. The highest BCUT2D eigenvalue weighted by Gasteiger charge is 2.47. The van der Waals surface area contributed by atoms with Crippen molar-refractivity contribution in [1.29, 1.82) is 0 Å². The fraction of sp³-hybridized carbons (Fsp3) is 0.769. The van der Waals surface area contributed by atoms with E-state index in [1.807, 2.05) is 4.90 Å². The van der Waals surface area contributed by atoms with Crippen LogP contribution in [0.3, 0.4) is 0 Å². The van der Waals surface area contributed by atoms with Crippen molar-refractivity contribution < 1.29 is 18.3 Å². The summed E-state index contributed by atoms with van der Waals surface area (Å²) in [5, 5.41) is 17.5. The number of fused-ring (bicyclic) bond motifs is 1. The topological polar surface area (TPSA) is 109 Å². The number of piperazine rings is 1. The van der Waals surface area contributed by atoms with E-state index in [2.05, 4.69) is 10.2 Å². The predicted molar refractivity (Wildman–Crippen MR) is 88.3 cm³/mol. The molecule has 11 heteroatoms. The highest BCUT2D eigenvalue weighted by atomic mass is 32.2. The maximum atomic E-state index is 12.6. The lowest BCUT2D eigenvalue weighted by Gasteiger charge is -2.43. The fourth-order valence-electron chi connectivity index (χ4n) is 3.35. The number of β-amino-alcohol motifs (C(OH)–C–C–N with tert-alkyl or cyclic N) is 1. The Balaban J connectivity index is 1.69. The minimum Gasteiger partial charge on any atom is -0.395 e. The minimum atomic E-state index is -3.16. The molecule has 2 atom stereocenters. The van der Waals surface area contributed by atoms with Gasteiger partial charge in [0.25, 0.3) is 0 Å². The average Bonchev–Trinajstić information content (AvgIpc) is 3.07. The van der Waals surface area contributed by atoms with E-state index in [4.69, 9.17) is 5.11 Å². The van der Waals surface area contributed by atoms with E-state index in [9.17, 15) is 13.2 Å². The number of nitrogens with zero attached hydrogens (tertiary/aromatic N) is 5. The van der Waals surface area contributed by atoms with Gasteiger partial charge in [0.1, 0.15) is 6.33 Å². The molecule has 3 heterocycles. The molecule has 2 fully saturated rings. The van der Waals surface area contributed by atoms with Gasteiger partial charge in [-0.1, -0.05) is 11.8 Å². The molecular weight excluding hydrogens is 354 g/mol. The van der Waals surface area contributed by atoms with Gasteiger partial charge in [-0.05, 0) is 0 Å². The highest BCUT2D eigenvalue weighted by molar-refractivity contribution is 7.99. The summed E-state index contributed by atoms with van der Waals surface area (Å²) in [5.74, 6) is 0.173. The van der Waals surface area contributed by atoms with Crippen LogP contribution in [-0.2, 0) is 21.7 Å². The Morgan fingerprint density at radius 2 is 2.12 bits per heavy atom. The zero-order valence-electron chi connectivity index (χ0n) is 13.4. The molecule has 0 saturated carbocycles. The summed E-state index contributed by atoms with van der Waals surface area (Å²) in [4.78, 5) is 16.3. The van der Waals surface area contributed by atoms with E-state index in [1.54, 1.807) is 22.8 Å². The maximum absolute atomic E-state index is 12.6. The average molecular weight is 375 g/mol. The molecular formula is C13H21N5O4S2. The molecule has 0 aromatic carbocycles. The first-order chi connectivity index (χ1) is 11.4. The third-order valence-electron chi connectivity index (χ3n) is 4.49. The maximum Gasteiger partial charge on any atom is 0.233 e. The van der Waals surface area contributed by atoms with Gasteiger partial charge >= 0.3 is 0 Å². The number of carbonyl (C=O) groups excluding carboxylic acids is 1. The lowest BCUT2D eigenvalue weighted by atomic mass is 10.0. The molecule has 2 aliphatic rings. The van der Waals surface area contributed by atoms with Gasteiger partial charge in [-0.15, -0.1) is 10.2 Å². The zero-order valence-corrected chi connectivity index (χ0v) is 15.0. The molecule has 2 aliphatic heterocycles. The first kappa shape index (κ1) is 17.6. The van der Waals surface area contributed by atoms with E-state index in [0.29, 0.717) is 24.8 Å². The van der Waals surface area contributed by atoms with E-state index < -0.39 is 9.84 Å². The molecule has 1 aromatic heterocycles. The van der Waals surface area contributed by atoms with E-state index in [0.717, 1.165) is 0 Å². The van der Waals surface area contributed by atoms with Crippen molar-refractivity contribution in [2.24, 2.45) is 7.05 Å². The fourth-order valence-corrected chi connectivity index (χ4v) is 6.14. The molecule has 0 bridgehead atoms. The van der Waals surface area contributed by atoms with E-state index >= 15 is 0 Å². The molecule has 0 spiro atoms. The number of amides is 1. The van der Waals surface area contributed by atoms with Crippen molar-refractivity contribution in [2.45, 2.75) is 17.2 Å². The van der Waals surface area contributed by atoms with Gasteiger partial charge in [-0.25, -0.2) is 8.42 Å². The minimum absolute atomic E-state index is 0.0000375. The molecule has 2 saturated heterocycles. The normalized spacial score (nSPS) is 26.5. The van der Waals surface area contributed by atoms with Crippen LogP contribution in [-0.4, -0.2) is 99.6 Å². The largest absolute Gasteiger partial charge is 0.395 e. The third-order valence-corrected chi connectivity index (χ3v) is 7.21. The Kier molecular flexibility index (Phi) is 5.13. The molecule has 1 amide bonds. The van der Waals surface area contributed by atoms with Crippen LogP contribution in [0.4, 0.5) is 0 Å². The zero-order chi connectivity index (χ0) is 17.3. The van der Waals surface area contributed by atoms with Crippen LogP contribution >= 0.6 is 11.8 Å². The number of hydrogen-bond acceptors (Lipinski definition) is 8. The van der Waals surface area contributed by atoms with Gasteiger partial charge < -0.3 is 14.6 Å². The number of rotatable bonds is 5. The Hall–Kier alpha value is -1.17. The summed E-state index contributed by atoms with van der Waals surface area (Å²) in [6.07, 6.45) is 1.57. The third kappa shape index (κ3) is 3.58. The van der Waals surface area contributed by atoms with Crippen molar-refractivity contribution in [3.05, 3.63) is 6.33 Å². The van der Waals surface area contributed by atoms with E-state index in [-0.39, 0.29) is 41.9 Å². The summed E-state index contributed by atoms with van der Waals surface area (Å²) in [6, 6.07) is -0.553. The number of sulfone groups is 1. The number of aliphatic hydroxyl groups excluding tert-OH is 1. The van der Waals surface area contributed by atoms with Gasteiger partial charge in [0.05, 0.1) is 29.9 Å². The van der Waals surface area contributed by atoms with Crippen molar-refractivity contribution in [2.75, 3.05) is 43.5 Å². The summed E-state index contributed by atoms with van der Waals surface area (Å²) >= 11 is 1.30.